The Morgan fingerprint density at radius 3 is 2.73 bits per heavy atom. The molecule has 1 unspecified atom stereocenters. The van der Waals surface area contributed by atoms with Crippen LogP contribution < -0.4 is 10.1 Å². The minimum atomic E-state index is -0.285. The van der Waals surface area contributed by atoms with Crippen LogP contribution in [0.2, 0.25) is 10.0 Å². The van der Waals surface area contributed by atoms with Gasteiger partial charge in [-0.05, 0) is 50.6 Å². The van der Waals surface area contributed by atoms with Crippen LogP contribution in [0.1, 0.15) is 31.3 Å². The average Bonchev–Trinajstić information content (AvgIpc) is 3.14. The number of anilines is 1. The first kappa shape index (κ1) is 22.5. The van der Waals surface area contributed by atoms with E-state index in [9.17, 15) is 4.79 Å². The molecule has 0 aliphatic heterocycles. The Balaban J connectivity index is 1.66. The van der Waals surface area contributed by atoms with Crippen LogP contribution in [0.5, 0.6) is 5.75 Å². The Kier molecular flexibility index (Phi) is 7.64. The molecule has 0 spiro atoms. The maximum atomic E-state index is 12.4. The standard InChI is InChI=1S/C21H22Cl2N4O2S/c1-4-27-20(14(3)29-18-8-6-5-7-13(18)2)25-26-21(27)30-12-19(28)24-17-11-15(22)9-10-16(17)23/h5-11,14H,4,12H2,1-3H3,(H,24,28). The number of carbonyl (C=O) groups is 1. The molecule has 2 aromatic carbocycles. The predicted octanol–water partition coefficient (Wildman–Crippen LogP) is 5.78. The zero-order chi connectivity index (χ0) is 21.7. The second-order valence-electron chi connectivity index (χ2n) is 6.57. The van der Waals surface area contributed by atoms with Crippen LogP contribution in [0.25, 0.3) is 0 Å². The Morgan fingerprint density at radius 2 is 2.00 bits per heavy atom. The smallest absolute Gasteiger partial charge is 0.234 e. The fourth-order valence-electron chi connectivity index (χ4n) is 2.85. The van der Waals surface area contributed by atoms with E-state index in [0.717, 1.165) is 11.3 Å². The number of para-hydroxylation sites is 1. The summed E-state index contributed by atoms with van der Waals surface area (Å²) in [5.41, 5.74) is 1.53. The van der Waals surface area contributed by atoms with Gasteiger partial charge in [0.2, 0.25) is 5.91 Å². The summed E-state index contributed by atoms with van der Waals surface area (Å²) in [4.78, 5) is 12.4. The fraction of sp³-hybridized carbons (Fsp3) is 0.286. The van der Waals surface area contributed by atoms with Gasteiger partial charge in [0, 0.05) is 11.6 Å². The molecule has 0 fully saturated rings. The highest BCUT2D eigenvalue weighted by Gasteiger charge is 2.20. The van der Waals surface area contributed by atoms with Gasteiger partial charge in [0.1, 0.15) is 5.75 Å². The van der Waals surface area contributed by atoms with Crippen molar-refractivity contribution in [2.24, 2.45) is 0 Å². The molecule has 3 aromatic rings. The largest absolute Gasteiger partial charge is 0.482 e. The molecule has 0 saturated heterocycles. The summed E-state index contributed by atoms with van der Waals surface area (Å²) in [5.74, 6) is 1.47. The normalized spacial score (nSPS) is 11.9. The van der Waals surface area contributed by atoms with E-state index >= 15 is 0 Å². The predicted molar refractivity (Wildman–Crippen MR) is 122 cm³/mol. The molecule has 1 N–H and O–H groups in total. The Morgan fingerprint density at radius 1 is 1.23 bits per heavy atom. The highest BCUT2D eigenvalue weighted by Crippen LogP contribution is 2.28. The first-order valence-electron chi connectivity index (χ1n) is 9.42. The molecule has 6 nitrogen and oxygen atoms in total. The van der Waals surface area contributed by atoms with Crippen molar-refractivity contribution < 1.29 is 9.53 Å². The summed E-state index contributed by atoms with van der Waals surface area (Å²) in [7, 11) is 0. The quantitative estimate of drug-likeness (QED) is 0.427. The third-order valence-corrected chi connectivity index (χ3v) is 5.89. The second kappa shape index (κ2) is 10.2. The van der Waals surface area contributed by atoms with Gasteiger partial charge in [-0.2, -0.15) is 0 Å². The number of aryl methyl sites for hydroxylation is 1. The van der Waals surface area contributed by atoms with E-state index in [0.29, 0.717) is 33.3 Å². The number of nitrogens with zero attached hydrogens (tertiary/aromatic N) is 3. The summed E-state index contributed by atoms with van der Waals surface area (Å²) in [6.45, 7) is 6.60. The Hall–Kier alpha value is -2.22. The number of carbonyl (C=O) groups excluding carboxylic acids is 1. The first-order chi connectivity index (χ1) is 14.4. The summed E-state index contributed by atoms with van der Waals surface area (Å²) in [6, 6.07) is 12.8. The van der Waals surface area contributed by atoms with E-state index in [4.69, 9.17) is 27.9 Å². The van der Waals surface area contributed by atoms with Gasteiger partial charge in [-0.25, -0.2) is 0 Å². The fourth-order valence-corrected chi connectivity index (χ4v) is 3.99. The molecular formula is C21H22Cl2N4O2S. The number of halogens is 2. The molecule has 0 aliphatic rings. The highest BCUT2D eigenvalue weighted by atomic mass is 35.5. The average molecular weight is 465 g/mol. The van der Waals surface area contributed by atoms with Crippen molar-refractivity contribution in [3.8, 4) is 5.75 Å². The molecule has 9 heteroatoms. The van der Waals surface area contributed by atoms with Crippen molar-refractivity contribution in [2.45, 2.75) is 38.6 Å². The number of hydrogen-bond acceptors (Lipinski definition) is 5. The third kappa shape index (κ3) is 5.47. The Labute approximate surface area is 189 Å². The molecule has 1 amide bonds. The minimum absolute atomic E-state index is 0.161. The topological polar surface area (TPSA) is 69.0 Å². The van der Waals surface area contributed by atoms with Crippen molar-refractivity contribution in [3.05, 3.63) is 63.9 Å². The van der Waals surface area contributed by atoms with Crippen LogP contribution in [0.4, 0.5) is 5.69 Å². The molecular weight excluding hydrogens is 443 g/mol. The summed E-state index contributed by atoms with van der Waals surface area (Å²) in [6.07, 6.45) is -0.285. The van der Waals surface area contributed by atoms with E-state index < -0.39 is 0 Å². The second-order valence-corrected chi connectivity index (χ2v) is 8.36. The van der Waals surface area contributed by atoms with Crippen LogP contribution in [-0.4, -0.2) is 26.4 Å². The number of amides is 1. The molecule has 0 aliphatic carbocycles. The van der Waals surface area contributed by atoms with E-state index in [1.165, 1.54) is 11.8 Å². The zero-order valence-corrected chi connectivity index (χ0v) is 19.2. The van der Waals surface area contributed by atoms with E-state index in [1.54, 1.807) is 18.2 Å². The number of nitrogens with one attached hydrogen (secondary N) is 1. The lowest BCUT2D eigenvalue weighted by Crippen LogP contribution is -2.15. The Bertz CT molecular complexity index is 1040. The summed E-state index contributed by atoms with van der Waals surface area (Å²) >= 11 is 13.4. The van der Waals surface area contributed by atoms with Crippen LogP contribution in [0, 0.1) is 6.92 Å². The zero-order valence-electron chi connectivity index (χ0n) is 16.9. The molecule has 30 heavy (non-hydrogen) atoms. The third-order valence-electron chi connectivity index (χ3n) is 4.36. The number of thioether (sulfide) groups is 1. The molecule has 3 rings (SSSR count). The van der Waals surface area contributed by atoms with E-state index in [2.05, 4.69) is 15.5 Å². The first-order valence-corrected chi connectivity index (χ1v) is 11.2. The van der Waals surface area contributed by atoms with Gasteiger partial charge in [-0.3, -0.25) is 4.79 Å². The van der Waals surface area contributed by atoms with Crippen LogP contribution in [0.3, 0.4) is 0 Å². The maximum absolute atomic E-state index is 12.4. The van der Waals surface area contributed by atoms with Crippen molar-refractivity contribution >= 4 is 46.6 Å². The highest BCUT2D eigenvalue weighted by molar-refractivity contribution is 7.99. The van der Waals surface area contributed by atoms with Gasteiger partial charge in [0.05, 0.1) is 16.5 Å². The lowest BCUT2D eigenvalue weighted by molar-refractivity contribution is -0.113. The number of ether oxygens (including phenoxy) is 1. The van der Waals surface area contributed by atoms with Crippen molar-refractivity contribution in [1.29, 1.82) is 0 Å². The minimum Gasteiger partial charge on any atom is -0.482 e. The molecule has 1 atom stereocenters. The molecule has 1 heterocycles. The summed E-state index contributed by atoms with van der Waals surface area (Å²) < 4.78 is 8.03. The lowest BCUT2D eigenvalue weighted by Gasteiger charge is -2.17. The van der Waals surface area contributed by atoms with Gasteiger partial charge < -0.3 is 14.6 Å². The summed E-state index contributed by atoms with van der Waals surface area (Å²) in [5, 5.41) is 12.9. The van der Waals surface area contributed by atoms with E-state index in [1.807, 2.05) is 49.6 Å². The number of benzene rings is 2. The van der Waals surface area contributed by atoms with Gasteiger partial charge >= 0.3 is 0 Å². The maximum Gasteiger partial charge on any atom is 0.234 e. The monoisotopic (exact) mass is 464 g/mol. The van der Waals surface area contributed by atoms with Crippen molar-refractivity contribution in [1.82, 2.24) is 14.8 Å². The number of aromatic nitrogens is 3. The SMILES string of the molecule is CCn1c(SCC(=O)Nc2cc(Cl)ccc2Cl)nnc1C(C)Oc1ccccc1C. The van der Waals surface area contributed by atoms with Gasteiger partial charge in [-0.1, -0.05) is 53.2 Å². The molecule has 158 valence electrons. The van der Waals surface area contributed by atoms with Gasteiger partial charge in [-0.15, -0.1) is 10.2 Å². The molecule has 0 saturated carbocycles. The molecule has 0 bridgehead atoms. The molecule has 0 radical (unpaired) electrons. The van der Waals surface area contributed by atoms with Gasteiger partial charge in [0.25, 0.3) is 0 Å². The molecule has 1 aromatic heterocycles. The number of hydrogen-bond donors (Lipinski definition) is 1. The number of rotatable bonds is 8. The van der Waals surface area contributed by atoms with E-state index in [-0.39, 0.29) is 17.8 Å². The lowest BCUT2D eigenvalue weighted by atomic mass is 10.2. The van der Waals surface area contributed by atoms with Crippen molar-refractivity contribution in [3.63, 3.8) is 0 Å². The van der Waals surface area contributed by atoms with Crippen LogP contribution >= 0.6 is 35.0 Å². The van der Waals surface area contributed by atoms with Crippen LogP contribution in [0.15, 0.2) is 47.6 Å². The van der Waals surface area contributed by atoms with Gasteiger partial charge in [0.15, 0.2) is 17.1 Å². The van der Waals surface area contributed by atoms with Crippen LogP contribution in [-0.2, 0) is 11.3 Å². The van der Waals surface area contributed by atoms with Crippen molar-refractivity contribution in [2.75, 3.05) is 11.1 Å².